The van der Waals surface area contributed by atoms with Gasteiger partial charge in [-0.15, -0.1) is 0 Å². The van der Waals surface area contributed by atoms with E-state index in [1.807, 2.05) is 6.92 Å². The number of nitrogens with one attached hydrogen (secondary N) is 2. The number of nitrogens with two attached hydrogens (primary N) is 1. The van der Waals surface area contributed by atoms with Crippen LogP contribution in [-0.2, 0) is 21.3 Å². The highest BCUT2D eigenvalue weighted by molar-refractivity contribution is 7.89. The van der Waals surface area contributed by atoms with E-state index >= 15 is 0 Å². The van der Waals surface area contributed by atoms with E-state index < -0.39 is 10.0 Å². The Labute approximate surface area is 125 Å². The van der Waals surface area contributed by atoms with Crippen LogP contribution >= 0.6 is 0 Å². The molecular weight excluding hydrogens is 292 g/mol. The molecule has 4 N–H and O–H groups in total. The smallest absolute Gasteiger partial charge is 0.238 e. The van der Waals surface area contributed by atoms with Crippen LogP contribution in [0.1, 0.15) is 12.5 Å². The number of benzene rings is 1. The van der Waals surface area contributed by atoms with Gasteiger partial charge in [-0.3, -0.25) is 0 Å². The van der Waals surface area contributed by atoms with Crippen LogP contribution in [0.2, 0.25) is 0 Å². The Morgan fingerprint density at radius 3 is 2.48 bits per heavy atom. The molecule has 0 aromatic heterocycles. The first-order chi connectivity index (χ1) is 9.97. The maximum atomic E-state index is 11.2. The van der Waals surface area contributed by atoms with Crippen molar-refractivity contribution in [2.75, 3.05) is 26.8 Å². The molecule has 0 aliphatic heterocycles. The summed E-state index contributed by atoms with van der Waals surface area (Å²) in [6.45, 7) is 4.42. The van der Waals surface area contributed by atoms with E-state index in [0.29, 0.717) is 25.7 Å². The average molecular weight is 314 g/mol. The lowest BCUT2D eigenvalue weighted by Crippen LogP contribution is -2.38. The topological polar surface area (TPSA) is 106 Å². The van der Waals surface area contributed by atoms with Gasteiger partial charge < -0.3 is 15.4 Å². The van der Waals surface area contributed by atoms with E-state index in [0.717, 1.165) is 12.1 Å². The molecule has 0 radical (unpaired) electrons. The molecule has 1 rings (SSSR count). The maximum Gasteiger partial charge on any atom is 0.238 e. The van der Waals surface area contributed by atoms with Crippen LogP contribution in [0.15, 0.2) is 34.2 Å². The third-order valence-electron chi connectivity index (χ3n) is 2.61. The Morgan fingerprint density at radius 1 is 1.29 bits per heavy atom. The average Bonchev–Trinajstić information content (AvgIpc) is 2.44. The van der Waals surface area contributed by atoms with Crippen LogP contribution in [0.5, 0.6) is 0 Å². The molecule has 0 atom stereocenters. The van der Waals surface area contributed by atoms with Crippen molar-refractivity contribution in [3.8, 4) is 0 Å². The summed E-state index contributed by atoms with van der Waals surface area (Å²) < 4.78 is 27.3. The van der Waals surface area contributed by atoms with Crippen molar-refractivity contribution in [1.29, 1.82) is 0 Å². The lowest BCUT2D eigenvalue weighted by molar-refractivity contribution is 0.203. The van der Waals surface area contributed by atoms with Gasteiger partial charge in [0.1, 0.15) is 0 Å². The molecule has 0 aliphatic carbocycles. The highest BCUT2D eigenvalue weighted by Crippen LogP contribution is 2.09. The molecule has 0 saturated heterocycles. The molecule has 0 heterocycles. The summed E-state index contributed by atoms with van der Waals surface area (Å²) in [4.78, 5) is 4.50. The molecule has 0 fully saturated rings. The summed E-state index contributed by atoms with van der Waals surface area (Å²) >= 11 is 0. The summed E-state index contributed by atoms with van der Waals surface area (Å²) in [6.07, 6.45) is 0. The second-order valence-electron chi connectivity index (χ2n) is 4.30. The fraction of sp³-hybridized carbons (Fsp3) is 0.462. The minimum Gasteiger partial charge on any atom is -0.383 e. The van der Waals surface area contributed by atoms with Crippen molar-refractivity contribution >= 4 is 16.0 Å². The summed E-state index contributed by atoms with van der Waals surface area (Å²) in [6, 6.07) is 6.35. The van der Waals surface area contributed by atoms with Crippen molar-refractivity contribution in [1.82, 2.24) is 10.6 Å². The molecule has 118 valence electrons. The van der Waals surface area contributed by atoms with Crippen molar-refractivity contribution in [2.24, 2.45) is 10.1 Å². The lowest BCUT2D eigenvalue weighted by Gasteiger charge is -2.10. The van der Waals surface area contributed by atoms with E-state index in [1.54, 1.807) is 19.2 Å². The van der Waals surface area contributed by atoms with Gasteiger partial charge >= 0.3 is 0 Å². The number of hydrogen-bond acceptors (Lipinski definition) is 4. The van der Waals surface area contributed by atoms with E-state index in [9.17, 15) is 8.42 Å². The Hall–Kier alpha value is -1.64. The summed E-state index contributed by atoms with van der Waals surface area (Å²) in [5.74, 6) is 0.685. The predicted octanol–water partition coefficient (Wildman–Crippen LogP) is 0.0355. The van der Waals surface area contributed by atoms with Gasteiger partial charge in [0.15, 0.2) is 5.96 Å². The molecule has 0 spiro atoms. The molecular formula is C13H22N4O3S. The first-order valence-electron chi connectivity index (χ1n) is 6.60. The first kappa shape index (κ1) is 17.4. The van der Waals surface area contributed by atoms with Crippen LogP contribution in [0.3, 0.4) is 0 Å². The zero-order valence-corrected chi connectivity index (χ0v) is 13.1. The highest BCUT2D eigenvalue weighted by atomic mass is 32.2. The van der Waals surface area contributed by atoms with Crippen molar-refractivity contribution in [2.45, 2.75) is 18.4 Å². The largest absolute Gasteiger partial charge is 0.383 e. The molecule has 0 saturated carbocycles. The molecule has 21 heavy (non-hydrogen) atoms. The van der Waals surface area contributed by atoms with E-state index in [1.165, 1.54) is 12.1 Å². The summed E-state index contributed by atoms with van der Waals surface area (Å²) in [5, 5.41) is 11.3. The SMILES string of the molecule is CCNC(=NCc1ccc(S(N)(=O)=O)cc1)NCCOC. The van der Waals surface area contributed by atoms with Crippen LogP contribution in [0.25, 0.3) is 0 Å². The van der Waals surface area contributed by atoms with Crippen molar-refractivity contribution in [3.63, 3.8) is 0 Å². The van der Waals surface area contributed by atoms with Gasteiger partial charge in [-0.25, -0.2) is 18.5 Å². The number of aliphatic imine (C=N–C) groups is 1. The highest BCUT2D eigenvalue weighted by Gasteiger charge is 2.06. The molecule has 0 unspecified atom stereocenters. The minimum absolute atomic E-state index is 0.0976. The quantitative estimate of drug-likeness (QED) is 0.374. The van der Waals surface area contributed by atoms with Crippen molar-refractivity contribution < 1.29 is 13.2 Å². The minimum atomic E-state index is -3.65. The summed E-state index contributed by atoms with van der Waals surface area (Å²) in [7, 11) is -2.01. The first-order valence-corrected chi connectivity index (χ1v) is 8.15. The number of methoxy groups -OCH3 is 1. The Kier molecular flexibility index (Phi) is 7.13. The van der Waals surface area contributed by atoms with Crippen LogP contribution < -0.4 is 15.8 Å². The number of guanidine groups is 1. The molecule has 1 aromatic rings. The third-order valence-corrected chi connectivity index (χ3v) is 3.54. The van der Waals surface area contributed by atoms with Gasteiger partial charge in [0.2, 0.25) is 10.0 Å². The van der Waals surface area contributed by atoms with Gasteiger partial charge in [0, 0.05) is 20.2 Å². The standard InChI is InChI=1S/C13H22N4O3S/c1-3-15-13(16-8-9-20-2)17-10-11-4-6-12(7-5-11)21(14,18)19/h4-7H,3,8-10H2,1-2H3,(H2,14,18,19)(H2,15,16,17). The van der Waals surface area contributed by atoms with E-state index in [4.69, 9.17) is 9.88 Å². The number of nitrogens with zero attached hydrogens (tertiary/aromatic N) is 1. The Bertz CT molecular complexity index is 555. The number of rotatable bonds is 7. The normalized spacial score (nSPS) is 12.2. The van der Waals surface area contributed by atoms with Gasteiger partial charge in [0.05, 0.1) is 18.0 Å². The van der Waals surface area contributed by atoms with Crippen LogP contribution in [-0.4, -0.2) is 41.2 Å². The van der Waals surface area contributed by atoms with Crippen LogP contribution in [0, 0.1) is 0 Å². The number of sulfonamides is 1. The molecule has 0 bridgehead atoms. The monoisotopic (exact) mass is 314 g/mol. The summed E-state index contributed by atoms with van der Waals surface area (Å²) in [5.41, 5.74) is 0.895. The fourth-order valence-electron chi connectivity index (χ4n) is 1.57. The molecule has 0 amide bonds. The molecule has 8 heteroatoms. The number of primary sulfonamides is 1. The van der Waals surface area contributed by atoms with Gasteiger partial charge in [-0.05, 0) is 24.6 Å². The van der Waals surface area contributed by atoms with Crippen LogP contribution in [0.4, 0.5) is 0 Å². The van der Waals surface area contributed by atoms with Crippen molar-refractivity contribution in [3.05, 3.63) is 29.8 Å². The molecule has 7 nitrogen and oxygen atoms in total. The fourth-order valence-corrected chi connectivity index (χ4v) is 2.08. The molecule has 1 aromatic carbocycles. The molecule has 0 aliphatic rings. The second-order valence-corrected chi connectivity index (χ2v) is 5.87. The number of ether oxygens (including phenoxy) is 1. The van der Waals surface area contributed by atoms with Gasteiger partial charge in [-0.1, -0.05) is 12.1 Å². The van der Waals surface area contributed by atoms with Gasteiger partial charge in [0.25, 0.3) is 0 Å². The zero-order chi connectivity index (χ0) is 15.7. The van der Waals surface area contributed by atoms with E-state index in [-0.39, 0.29) is 4.90 Å². The van der Waals surface area contributed by atoms with Gasteiger partial charge in [-0.2, -0.15) is 0 Å². The predicted molar refractivity (Wildman–Crippen MR) is 82.5 cm³/mol. The zero-order valence-electron chi connectivity index (χ0n) is 12.3. The third kappa shape index (κ3) is 6.56. The van der Waals surface area contributed by atoms with E-state index in [2.05, 4.69) is 15.6 Å². The lowest BCUT2D eigenvalue weighted by atomic mass is 10.2. The number of hydrogen-bond donors (Lipinski definition) is 3. The second kappa shape index (κ2) is 8.60. The Balaban J connectivity index is 2.67. The Morgan fingerprint density at radius 2 is 1.95 bits per heavy atom. The maximum absolute atomic E-state index is 11.2.